The average Bonchev–Trinajstić information content (AvgIpc) is 2.21. The van der Waals surface area contributed by atoms with Gasteiger partial charge in [0, 0.05) is 20.1 Å². The van der Waals surface area contributed by atoms with Gasteiger partial charge in [0.1, 0.15) is 0 Å². The quantitative estimate of drug-likeness (QED) is 0.777. The molecule has 1 fully saturated rings. The molecule has 0 aromatic heterocycles. The third kappa shape index (κ3) is 4.58. The molecule has 1 aliphatic carbocycles. The smallest absolute Gasteiger partial charge is 0.226 e. The zero-order valence-corrected chi connectivity index (χ0v) is 12.1. The van der Waals surface area contributed by atoms with Crippen molar-refractivity contribution >= 4 is 5.91 Å². The summed E-state index contributed by atoms with van der Waals surface area (Å²) in [5, 5.41) is 9.25. The van der Waals surface area contributed by atoms with Gasteiger partial charge in [0.25, 0.3) is 0 Å². The van der Waals surface area contributed by atoms with Gasteiger partial charge in [0.2, 0.25) is 5.91 Å². The molecule has 18 heavy (non-hydrogen) atoms. The molecule has 1 saturated carbocycles. The summed E-state index contributed by atoms with van der Waals surface area (Å²) in [4.78, 5) is 14.1. The van der Waals surface area contributed by atoms with E-state index in [1.165, 1.54) is 0 Å². The fraction of sp³-hybridized carbons (Fsp3) is 0.929. The molecule has 0 radical (unpaired) electrons. The number of amides is 1. The Morgan fingerprint density at radius 1 is 1.44 bits per heavy atom. The second kappa shape index (κ2) is 6.02. The van der Waals surface area contributed by atoms with Gasteiger partial charge in [-0.15, -0.1) is 0 Å². The summed E-state index contributed by atoms with van der Waals surface area (Å²) in [6, 6.07) is 0. The van der Waals surface area contributed by atoms with Crippen LogP contribution in [-0.2, 0) is 4.79 Å². The molecule has 3 N–H and O–H groups in total. The average molecular weight is 256 g/mol. The van der Waals surface area contributed by atoms with Crippen molar-refractivity contribution in [3.8, 4) is 0 Å². The van der Waals surface area contributed by atoms with Crippen LogP contribution in [0.2, 0.25) is 0 Å². The molecule has 0 bridgehead atoms. The number of hydrogen-bond acceptors (Lipinski definition) is 3. The van der Waals surface area contributed by atoms with E-state index in [0.29, 0.717) is 12.5 Å². The monoisotopic (exact) mass is 256 g/mol. The first-order chi connectivity index (χ1) is 8.23. The summed E-state index contributed by atoms with van der Waals surface area (Å²) >= 11 is 0. The Morgan fingerprint density at radius 3 is 2.39 bits per heavy atom. The van der Waals surface area contributed by atoms with Crippen molar-refractivity contribution in [2.45, 2.75) is 46.1 Å². The first-order valence-electron chi connectivity index (χ1n) is 6.86. The van der Waals surface area contributed by atoms with Crippen molar-refractivity contribution in [1.29, 1.82) is 0 Å². The van der Waals surface area contributed by atoms with E-state index >= 15 is 0 Å². The van der Waals surface area contributed by atoms with E-state index in [2.05, 4.69) is 20.8 Å². The number of aliphatic hydroxyl groups is 1. The van der Waals surface area contributed by atoms with Gasteiger partial charge in [0.05, 0.1) is 12.0 Å². The maximum Gasteiger partial charge on any atom is 0.226 e. The highest BCUT2D eigenvalue weighted by Gasteiger charge is 2.31. The summed E-state index contributed by atoms with van der Waals surface area (Å²) in [6.07, 6.45) is 2.31. The van der Waals surface area contributed by atoms with Gasteiger partial charge in [-0.3, -0.25) is 4.79 Å². The predicted molar refractivity (Wildman–Crippen MR) is 73.0 cm³/mol. The van der Waals surface area contributed by atoms with E-state index in [9.17, 15) is 9.90 Å². The van der Waals surface area contributed by atoms with Crippen LogP contribution in [0.15, 0.2) is 0 Å². The zero-order chi connectivity index (χ0) is 13.9. The van der Waals surface area contributed by atoms with Gasteiger partial charge in [-0.1, -0.05) is 20.8 Å². The minimum absolute atomic E-state index is 0.0833. The predicted octanol–water partition coefficient (Wildman–Crippen LogP) is 1.23. The standard InChI is InChI=1S/C14H28N2O2/c1-14(2,3)7-11(8-15)13(18)16(4)9-10-5-12(17)6-10/h10-12,17H,5-9,15H2,1-4H3. The summed E-state index contributed by atoms with van der Waals surface area (Å²) in [6.45, 7) is 7.55. The largest absolute Gasteiger partial charge is 0.393 e. The van der Waals surface area contributed by atoms with Crippen molar-refractivity contribution < 1.29 is 9.90 Å². The van der Waals surface area contributed by atoms with Crippen molar-refractivity contribution in [2.75, 3.05) is 20.1 Å². The first-order valence-corrected chi connectivity index (χ1v) is 6.86. The topological polar surface area (TPSA) is 66.6 Å². The maximum atomic E-state index is 12.3. The highest BCUT2D eigenvalue weighted by Crippen LogP contribution is 2.29. The van der Waals surface area contributed by atoms with Crippen molar-refractivity contribution in [2.24, 2.45) is 23.0 Å². The Morgan fingerprint density at radius 2 is 2.00 bits per heavy atom. The van der Waals surface area contributed by atoms with Crippen LogP contribution in [0.4, 0.5) is 0 Å². The highest BCUT2D eigenvalue weighted by atomic mass is 16.3. The van der Waals surface area contributed by atoms with Crippen molar-refractivity contribution in [3.05, 3.63) is 0 Å². The van der Waals surface area contributed by atoms with Crippen LogP contribution in [0, 0.1) is 17.3 Å². The number of rotatable bonds is 5. The molecule has 0 spiro atoms. The number of nitrogens with two attached hydrogens (primary N) is 1. The molecule has 0 aliphatic heterocycles. The second-order valence-corrected chi connectivity index (χ2v) is 6.91. The van der Waals surface area contributed by atoms with E-state index in [-0.39, 0.29) is 23.3 Å². The summed E-state index contributed by atoms with van der Waals surface area (Å²) in [5.41, 5.74) is 5.85. The maximum absolute atomic E-state index is 12.3. The molecule has 0 aromatic rings. The van der Waals surface area contributed by atoms with Crippen LogP contribution in [0.25, 0.3) is 0 Å². The van der Waals surface area contributed by atoms with E-state index in [0.717, 1.165) is 25.8 Å². The molecule has 4 heteroatoms. The van der Waals surface area contributed by atoms with Crippen LogP contribution < -0.4 is 5.73 Å². The molecule has 1 rings (SSSR count). The third-order valence-electron chi connectivity index (χ3n) is 3.61. The molecule has 0 saturated heterocycles. The third-order valence-corrected chi connectivity index (χ3v) is 3.61. The fourth-order valence-electron chi connectivity index (χ4n) is 2.65. The van der Waals surface area contributed by atoms with E-state index in [1.807, 2.05) is 7.05 Å². The van der Waals surface area contributed by atoms with E-state index < -0.39 is 0 Å². The highest BCUT2D eigenvalue weighted by molar-refractivity contribution is 5.78. The summed E-state index contributed by atoms with van der Waals surface area (Å²) in [5.74, 6) is 0.524. The molecule has 1 unspecified atom stereocenters. The van der Waals surface area contributed by atoms with Crippen LogP contribution in [0.5, 0.6) is 0 Å². The number of hydrogen-bond donors (Lipinski definition) is 2. The summed E-state index contributed by atoms with van der Waals surface area (Å²) < 4.78 is 0. The van der Waals surface area contributed by atoms with E-state index in [1.54, 1.807) is 4.90 Å². The molecule has 4 nitrogen and oxygen atoms in total. The Bertz CT molecular complexity index is 280. The number of nitrogens with zero attached hydrogens (tertiary/aromatic N) is 1. The van der Waals surface area contributed by atoms with Gasteiger partial charge in [-0.05, 0) is 30.6 Å². The molecule has 1 amide bonds. The normalized spacial score (nSPS) is 25.4. The summed E-state index contributed by atoms with van der Waals surface area (Å²) in [7, 11) is 1.85. The van der Waals surface area contributed by atoms with Gasteiger partial charge in [0.15, 0.2) is 0 Å². The number of aliphatic hydroxyl groups excluding tert-OH is 1. The minimum atomic E-state index is -0.154. The van der Waals surface area contributed by atoms with Crippen molar-refractivity contribution in [3.63, 3.8) is 0 Å². The van der Waals surface area contributed by atoms with Gasteiger partial charge in [-0.25, -0.2) is 0 Å². The first kappa shape index (κ1) is 15.4. The molecule has 1 aliphatic rings. The lowest BCUT2D eigenvalue weighted by atomic mass is 9.81. The molecular formula is C14H28N2O2. The van der Waals surface area contributed by atoms with Crippen LogP contribution in [0.1, 0.15) is 40.0 Å². The molecule has 0 aromatic carbocycles. The minimum Gasteiger partial charge on any atom is -0.393 e. The Labute approximate surface area is 111 Å². The van der Waals surface area contributed by atoms with Crippen molar-refractivity contribution in [1.82, 2.24) is 4.90 Å². The number of carbonyl (C=O) groups excluding carboxylic acids is 1. The zero-order valence-electron chi connectivity index (χ0n) is 12.1. The van der Waals surface area contributed by atoms with Gasteiger partial charge in [-0.2, -0.15) is 0 Å². The Hall–Kier alpha value is -0.610. The molecular weight excluding hydrogens is 228 g/mol. The Balaban J connectivity index is 2.44. The lowest BCUT2D eigenvalue weighted by Gasteiger charge is -2.36. The fourth-order valence-corrected chi connectivity index (χ4v) is 2.65. The Kier molecular flexibility index (Phi) is 5.17. The van der Waals surface area contributed by atoms with Crippen LogP contribution in [0.3, 0.4) is 0 Å². The van der Waals surface area contributed by atoms with E-state index in [4.69, 9.17) is 5.73 Å². The SMILES string of the molecule is CN(CC1CC(O)C1)C(=O)C(CN)CC(C)(C)C. The second-order valence-electron chi connectivity index (χ2n) is 6.91. The molecule has 1 atom stereocenters. The lowest BCUT2D eigenvalue weighted by Crippen LogP contribution is -2.43. The lowest BCUT2D eigenvalue weighted by molar-refractivity contribution is -0.136. The number of carbonyl (C=O) groups is 1. The molecule has 0 heterocycles. The van der Waals surface area contributed by atoms with Crippen LogP contribution >= 0.6 is 0 Å². The van der Waals surface area contributed by atoms with Crippen LogP contribution in [-0.4, -0.2) is 42.2 Å². The van der Waals surface area contributed by atoms with Gasteiger partial charge < -0.3 is 15.7 Å². The molecule has 106 valence electrons. The van der Waals surface area contributed by atoms with Gasteiger partial charge >= 0.3 is 0 Å².